The lowest BCUT2D eigenvalue weighted by molar-refractivity contribution is 0.490. The lowest BCUT2D eigenvalue weighted by atomic mass is 10.2. The van der Waals surface area contributed by atoms with Gasteiger partial charge in [-0.15, -0.1) is 11.3 Å². The van der Waals surface area contributed by atoms with Crippen molar-refractivity contribution >= 4 is 17.0 Å². The molecular formula is C15H14N2OS. The molecule has 2 heterocycles. The van der Waals surface area contributed by atoms with Gasteiger partial charge in [0, 0.05) is 22.8 Å². The van der Waals surface area contributed by atoms with Crippen molar-refractivity contribution in [1.29, 1.82) is 0 Å². The molecule has 96 valence electrons. The van der Waals surface area contributed by atoms with Crippen molar-refractivity contribution < 1.29 is 4.42 Å². The van der Waals surface area contributed by atoms with Crippen LogP contribution in [-0.4, -0.2) is 4.98 Å². The van der Waals surface area contributed by atoms with E-state index in [4.69, 9.17) is 4.42 Å². The smallest absolute Gasteiger partial charge is 0.123 e. The third kappa shape index (κ3) is 2.85. The average Bonchev–Trinajstić information content (AvgIpc) is 3.08. The molecule has 3 aromatic rings. The number of hydrogen-bond donors (Lipinski definition) is 1. The van der Waals surface area contributed by atoms with Gasteiger partial charge in [0.2, 0.25) is 0 Å². The van der Waals surface area contributed by atoms with Gasteiger partial charge in [-0.1, -0.05) is 12.1 Å². The minimum Gasteiger partial charge on any atom is -0.465 e. The second-order valence-corrected chi connectivity index (χ2v) is 5.18. The second-order valence-electron chi connectivity index (χ2n) is 4.28. The molecule has 0 bridgehead atoms. The maximum absolute atomic E-state index is 5.53. The quantitative estimate of drug-likeness (QED) is 0.767. The molecule has 3 nitrogen and oxygen atoms in total. The highest BCUT2D eigenvalue weighted by molar-refractivity contribution is 7.13. The van der Waals surface area contributed by atoms with Gasteiger partial charge in [-0.3, -0.25) is 0 Å². The Kier molecular flexibility index (Phi) is 3.33. The molecular weight excluding hydrogens is 256 g/mol. The van der Waals surface area contributed by atoms with E-state index in [1.54, 1.807) is 11.3 Å². The summed E-state index contributed by atoms with van der Waals surface area (Å²) in [5.74, 6) is 1.88. The molecule has 19 heavy (non-hydrogen) atoms. The van der Waals surface area contributed by atoms with Crippen molar-refractivity contribution in [2.45, 2.75) is 13.5 Å². The summed E-state index contributed by atoms with van der Waals surface area (Å²) in [5.41, 5.74) is 2.21. The highest BCUT2D eigenvalue weighted by Crippen LogP contribution is 2.24. The molecule has 0 amide bonds. The van der Waals surface area contributed by atoms with Gasteiger partial charge in [-0.25, -0.2) is 4.98 Å². The van der Waals surface area contributed by atoms with Crippen molar-refractivity contribution in [3.05, 3.63) is 59.5 Å². The van der Waals surface area contributed by atoms with Crippen molar-refractivity contribution in [3.8, 4) is 10.6 Å². The summed E-state index contributed by atoms with van der Waals surface area (Å²) in [7, 11) is 0. The highest BCUT2D eigenvalue weighted by atomic mass is 32.1. The number of furan rings is 1. The zero-order chi connectivity index (χ0) is 13.1. The van der Waals surface area contributed by atoms with Crippen LogP contribution >= 0.6 is 11.3 Å². The highest BCUT2D eigenvalue weighted by Gasteiger charge is 2.02. The number of aromatic nitrogens is 1. The Balaban J connectivity index is 1.73. The first-order valence-corrected chi connectivity index (χ1v) is 6.98. The van der Waals surface area contributed by atoms with Crippen LogP contribution in [0.2, 0.25) is 0 Å². The predicted molar refractivity (Wildman–Crippen MR) is 78.3 cm³/mol. The third-order valence-electron chi connectivity index (χ3n) is 2.80. The Bertz CT molecular complexity index is 658. The second kappa shape index (κ2) is 5.28. The Morgan fingerprint density at radius 3 is 2.95 bits per heavy atom. The molecule has 0 atom stereocenters. The lowest BCUT2D eigenvalue weighted by Gasteiger charge is -2.05. The fraction of sp³-hybridized carbons (Fsp3) is 0.133. The fourth-order valence-electron chi connectivity index (χ4n) is 1.90. The molecule has 0 fully saturated rings. The molecule has 0 saturated heterocycles. The van der Waals surface area contributed by atoms with Crippen LogP contribution < -0.4 is 5.32 Å². The Labute approximate surface area is 115 Å². The van der Waals surface area contributed by atoms with E-state index in [0.29, 0.717) is 6.54 Å². The molecule has 2 aromatic heterocycles. The van der Waals surface area contributed by atoms with Crippen LogP contribution in [0.3, 0.4) is 0 Å². The molecule has 0 unspecified atom stereocenters. The van der Waals surface area contributed by atoms with Gasteiger partial charge in [0.05, 0.1) is 6.54 Å². The number of hydrogen-bond acceptors (Lipinski definition) is 4. The van der Waals surface area contributed by atoms with Crippen LogP contribution in [0, 0.1) is 6.92 Å². The van der Waals surface area contributed by atoms with E-state index in [2.05, 4.69) is 22.4 Å². The number of rotatable bonds is 4. The van der Waals surface area contributed by atoms with Crippen LogP contribution in [0.5, 0.6) is 0 Å². The molecule has 0 aliphatic carbocycles. The van der Waals surface area contributed by atoms with Crippen LogP contribution in [0.4, 0.5) is 5.69 Å². The van der Waals surface area contributed by atoms with Crippen molar-refractivity contribution in [1.82, 2.24) is 4.98 Å². The summed E-state index contributed by atoms with van der Waals surface area (Å²) >= 11 is 1.65. The maximum atomic E-state index is 5.53. The number of benzene rings is 1. The van der Waals surface area contributed by atoms with Crippen molar-refractivity contribution in [3.63, 3.8) is 0 Å². The van der Waals surface area contributed by atoms with Crippen LogP contribution in [0.15, 0.2) is 52.4 Å². The summed E-state index contributed by atoms with van der Waals surface area (Å²) < 4.78 is 5.53. The summed E-state index contributed by atoms with van der Waals surface area (Å²) in [6.07, 6.45) is 1.83. The summed E-state index contributed by atoms with van der Waals surface area (Å²) in [5, 5.41) is 6.39. The fourth-order valence-corrected chi connectivity index (χ4v) is 2.53. The molecule has 0 aliphatic rings. The molecule has 0 radical (unpaired) electrons. The average molecular weight is 270 g/mol. The largest absolute Gasteiger partial charge is 0.465 e. The van der Waals surface area contributed by atoms with E-state index in [0.717, 1.165) is 27.8 Å². The number of thiazole rings is 1. The molecule has 4 heteroatoms. The van der Waals surface area contributed by atoms with E-state index in [-0.39, 0.29) is 0 Å². The van der Waals surface area contributed by atoms with E-state index < -0.39 is 0 Å². The van der Waals surface area contributed by atoms with Crippen molar-refractivity contribution in [2.24, 2.45) is 0 Å². The summed E-state index contributed by atoms with van der Waals surface area (Å²) in [6, 6.07) is 12.2. The minimum absolute atomic E-state index is 0.690. The van der Waals surface area contributed by atoms with E-state index in [1.807, 2.05) is 42.8 Å². The molecule has 0 aliphatic heterocycles. The van der Waals surface area contributed by atoms with Gasteiger partial charge in [-0.2, -0.15) is 0 Å². The maximum Gasteiger partial charge on any atom is 0.123 e. The Hall–Kier alpha value is -2.07. The standard InChI is InChI=1S/C15H14N2OS/c1-11-5-6-14(18-11)10-17-13-4-2-3-12(9-13)15-16-7-8-19-15/h2-9,17H,10H2,1H3. The molecule has 0 saturated carbocycles. The van der Waals surface area contributed by atoms with E-state index >= 15 is 0 Å². The van der Waals surface area contributed by atoms with Gasteiger partial charge < -0.3 is 9.73 Å². The summed E-state index contributed by atoms with van der Waals surface area (Å²) in [6.45, 7) is 2.64. The predicted octanol–water partition coefficient (Wildman–Crippen LogP) is 4.32. The lowest BCUT2D eigenvalue weighted by Crippen LogP contribution is -1.97. The Morgan fingerprint density at radius 1 is 1.26 bits per heavy atom. The van der Waals surface area contributed by atoms with Gasteiger partial charge >= 0.3 is 0 Å². The first kappa shape index (κ1) is 12.0. The van der Waals surface area contributed by atoms with Gasteiger partial charge in [0.1, 0.15) is 16.5 Å². The third-order valence-corrected chi connectivity index (χ3v) is 3.63. The Morgan fingerprint density at radius 2 is 2.21 bits per heavy atom. The normalized spacial score (nSPS) is 10.6. The topological polar surface area (TPSA) is 38.1 Å². The molecule has 3 rings (SSSR count). The number of nitrogens with one attached hydrogen (secondary N) is 1. The van der Waals surface area contributed by atoms with Crippen LogP contribution in [0.1, 0.15) is 11.5 Å². The molecule has 1 aromatic carbocycles. The van der Waals surface area contributed by atoms with Crippen LogP contribution in [0.25, 0.3) is 10.6 Å². The number of nitrogens with zero attached hydrogens (tertiary/aromatic N) is 1. The zero-order valence-electron chi connectivity index (χ0n) is 10.6. The first-order valence-electron chi connectivity index (χ1n) is 6.10. The monoisotopic (exact) mass is 270 g/mol. The van der Waals surface area contributed by atoms with Gasteiger partial charge in [0.25, 0.3) is 0 Å². The molecule has 1 N–H and O–H groups in total. The SMILES string of the molecule is Cc1ccc(CNc2cccc(-c3nccs3)c2)o1. The first-order chi connectivity index (χ1) is 9.31. The van der Waals surface area contributed by atoms with E-state index in [9.17, 15) is 0 Å². The number of aryl methyl sites for hydroxylation is 1. The van der Waals surface area contributed by atoms with Crippen molar-refractivity contribution in [2.75, 3.05) is 5.32 Å². The zero-order valence-corrected chi connectivity index (χ0v) is 11.4. The van der Waals surface area contributed by atoms with Gasteiger partial charge in [-0.05, 0) is 31.2 Å². The van der Waals surface area contributed by atoms with Gasteiger partial charge in [0.15, 0.2) is 0 Å². The number of anilines is 1. The summed E-state index contributed by atoms with van der Waals surface area (Å²) in [4.78, 5) is 4.32. The van der Waals surface area contributed by atoms with E-state index in [1.165, 1.54) is 0 Å². The minimum atomic E-state index is 0.690. The van der Waals surface area contributed by atoms with Crippen LogP contribution in [-0.2, 0) is 6.54 Å². The molecule has 0 spiro atoms.